The van der Waals surface area contributed by atoms with E-state index in [0.29, 0.717) is 28.2 Å². The maximum absolute atomic E-state index is 6.20. The van der Waals surface area contributed by atoms with E-state index in [4.69, 9.17) is 33.3 Å². The van der Waals surface area contributed by atoms with Gasteiger partial charge in [-0.25, -0.2) is 0 Å². The number of halogens is 2. The van der Waals surface area contributed by atoms with Crippen LogP contribution in [0.2, 0.25) is 5.02 Å². The van der Waals surface area contributed by atoms with Crippen LogP contribution in [-0.4, -0.2) is 18.4 Å². The van der Waals surface area contributed by atoms with E-state index < -0.39 is 0 Å². The van der Waals surface area contributed by atoms with Crippen molar-refractivity contribution < 1.29 is 9.47 Å². The molecule has 8 heteroatoms. The molecule has 3 rings (SSSR count). The zero-order valence-electron chi connectivity index (χ0n) is 16.1. The second-order valence-electron chi connectivity index (χ2n) is 6.10. The standard InChI is InChI=1S/C22H19BrClN3O2S/c1-28-20-12-15(13-25-27-22(30)26-17-8-3-2-4-9-17)11-18(23)21(20)29-14-16-7-5-6-10-19(16)24/h2-13H,14H2,1H3,(H2,26,27,30)/b25-13-. The van der Waals surface area contributed by atoms with Crippen molar-refractivity contribution >= 4 is 56.8 Å². The van der Waals surface area contributed by atoms with Gasteiger partial charge in [-0.2, -0.15) is 5.10 Å². The summed E-state index contributed by atoms with van der Waals surface area (Å²) >= 11 is 15.0. The summed E-state index contributed by atoms with van der Waals surface area (Å²) in [5.74, 6) is 1.16. The van der Waals surface area contributed by atoms with Crippen LogP contribution in [0.15, 0.2) is 76.3 Å². The fourth-order valence-electron chi connectivity index (χ4n) is 2.57. The van der Waals surface area contributed by atoms with Crippen molar-refractivity contribution in [2.45, 2.75) is 6.61 Å². The summed E-state index contributed by atoms with van der Waals surface area (Å²) in [7, 11) is 1.59. The summed E-state index contributed by atoms with van der Waals surface area (Å²) < 4.78 is 12.2. The van der Waals surface area contributed by atoms with Crippen LogP contribution >= 0.6 is 39.7 Å². The molecule has 2 N–H and O–H groups in total. The van der Waals surface area contributed by atoms with Gasteiger partial charge in [-0.1, -0.05) is 48.0 Å². The van der Waals surface area contributed by atoms with Crippen LogP contribution < -0.4 is 20.2 Å². The molecule has 0 radical (unpaired) electrons. The first kappa shape index (κ1) is 22.1. The van der Waals surface area contributed by atoms with Gasteiger partial charge in [0.05, 0.1) is 17.8 Å². The first-order chi connectivity index (χ1) is 14.6. The van der Waals surface area contributed by atoms with E-state index in [-0.39, 0.29) is 0 Å². The van der Waals surface area contributed by atoms with Gasteiger partial charge < -0.3 is 14.8 Å². The number of nitrogens with one attached hydrogen (secondary N) is 2. The monoisotopic (exact) mass is 503 g/mol. The zero-order valence-corrected chi connectivity index (χ0v) is 19.2. The average Bonchev–Trinajstić information content (AvgIpc) is 2.74. The first-order valence-electron chi connectivity index (χ1n) is 8.95. The predicted octanol–water partition coefficient (Wildman–Crippen LogP) is 6.01. The lowest BCUT2D eigenvalue weighted by Crippen LogP contribution is -2.23. The van der Waals surface area contributed by atoms with Crippen molar-refractivity contribution in [1.29, 1.82) is 0 Å². The number of thiocarbonyl (C=S) groups is 1. The first-order valence-corrected chi connectivity index (χ1v) is 10.5. The molecule has 0 spiro atoms. The molecule has 0 aliphatic rings. The predicted molar refractivity (Wildman–Crippen MR) is 130 cm³/mol. The second kappa shape index (κ2) is 11.0. The lowest BCUT2D eigenvalue weighted by atomic mass is 10.2. The van der Waals surface area contributed by atoms with E-state index in [1.165, 1.54) is 0 Å². The number of hydrogen-bond donors (Lipinski definition) is 2. The topological polar surface area (TPSA) is 54.9 Å². The molecule has 0 bridgehead atoms. The molecule has 0 saturated carbocycles. The largest absolute Gasteiger partial charge is 0.493 e. The number of hydrazone groups is 1. The molecule has 154 valence electrons. The average molecular weight is 505 g/mol. The van der Waals surface area contributed by atoms with Gasteiger partial charge in [0, 0.05) is 16.3 Å². The quantitative estimate of drug-likeness (QED) is 0.234. The Bertz CT molecular complexity index is 1050. The minimum atomic E-state index is 0.322. The van der Waals surface area contributed by atoms with Crippen molar-refractivity contribution in [1.82, 2.24) is 5.43 Å². The summed E-state index contributed by atoms with van der Waals surface area (Å²) in [4.78, 5) is 0. The summed E-state index contributed by atoms with van der Waals surface area (Å²) in [5, 5.41) is 8.27. The Morgan fingerprint density at radius 3 is 2.60 bits per heavy atom. The van der Waals surface area contributed by atoms with Crippen molar-refractivity contribution in [3.8, 4) is 11.5 Å². The lowest BCUT2D eigenvalue weighted by Gasteiger charge is -2.14. The van der Waals surface area contributed by atoms with Crippen LogP contribution in [0.4, 0.5) is 5.69 Å². The SMILES string of the molecule is COc1cc(/C=N\NC(=S)Nc2ccccc2)cc(Br)c1OCc1ccccc1Cl. The molecular weight excluding hydrogens is 486 g/mol. The van der Waals surface area contributed by atoms with Crippen molar-refractivity contribution in [3.63, 3.8) is 0 Å². The number of para-hydroxylation sites is 1. The zero-order chi connectivity index (χ0) is 21.3. The fraction of sp³-hybridized carbons (Fsp3) is 0.0909. The van der Waals surface area contributed by atoms with Crippen LogP contribution in [0.25, 0.3) is 0 Å². The molecule has 3 aromatic rings. The third-order valence-electron chi connectivity index (χ3n) is 3.99. The highest BCUT2D eigenvalue weighted by Crippen LogP contribution is 2.37. The van der Waals surface area contributed by atoms with Gasteiger partial charge in [-0.05, 0) is 64.0 Å². The van der Waals surface area contributed by atoms with Crippen LogP contribution in [0.3, 0.4) is 0 Å². The molecule has 0 amide bonds. The highest BCUT2D eigenvalue weighted by Gasteiger charge is 2.12. The highest BCUT2D eigenvalue weighted by atomic mass is 79.9. The highest BCUT2D eigenvalue weighted by molar-refractivity contribution is 9.10. The van der Waals surface area contributed by atoms with Gasteiger partial charge >= 0.3 is 0 Å². The van der Waals surface area contributed by atoms with Crippen LogP contribution in [-0.2, 0) is 6.61 Å². The number of hydrogen-bond acceptors (Lipinski definition) is 4. The Morgan fingerprint density at radius 1 is 1.13 bits per heavy atom. The molecule has 3 aromatic carbocycles. The van der Waals surface area contributed by atoms with Crippen molar-refractivity contribution in [2.75, 3.05) is 12.4 Å². The summed E-state index contributed by atoms with van der Waals surface area (Å²) in [6.07, 6.45) is 1.64. The maximum Gasteiger partial charge on any atom is 0.191 e. The second-order valence-corrected chi connectivity index (χ2v) is 7.77. The number of anilines is 1. The molecular formula is C22H19BrClN3O2S. The molecule has 0 unspecified atom stereocenters. The van der Waals surface area contributed by atoms with Crippen LogP contribution in [0.1, 0.15) is 11.1 Å². The van der Waals surface area contributed by atoms with Crippen LogP contribution in [0.5, 0.6) is 11.5 Å². The molecule has 5 nitrogen and oxygen atoms in total. The van der Waals surface area contributed by atoms with Gasteiger partial charge in [-0.15, -0.1) is 0 Å². The van der Waals surface area contributed by atoms with Gasteiger partial charge in [0.1, 0.15) is 6.61 Å². The van der Waals surface area contributed by atoms with E-state index >= 15 is 0 Å². The van der Waals surface area contributed by atoms with E-state index in [0.717, 1.165) is 21.3 Å². The molecule has 0 aliphatic carbocycles. The number of benzene rings is 3. The van der Waals surface area contributed by atoms with Crippen molar-refractivity contribution in [2.24, 2.45) is 5.10 Å². The smallest absolute Gasteiger partial charge is 0.191 e. The Balaban J connectivity index is 1.65. The summed E-state index contributed by atoms with van der Waals surface area (Å²) in [5.41, 5.74) is 5.37. The molecule has 30 heavy (non-hydrogen) atoms. The van der Waals surface area contributed by atoms with Gasteiger partial charge in [0.2, 0.25) is 0 Å². The minimum absolute atomic E-state index is 0.322. The van der Waals surface area contributed by atoms with E-state index in [1.54, 1.807) is 13.3 Å². The molecule has 0 aliphatic heterocycles. The molecule has 0 saturated heterocycles. The summed E-state index contributed by atoms with van der Waals surface area (Å²) in [6, 6.07) is 20.9. The third-order valence-corrected chi connectivity index (χ3v) is 5.14. The Hall–Kier alpha value is -2.61. The van der Waals surface area contributed by atoms with Gasteiger partial charge in [0.15, 0.2) is 16.6 Å². The fourth-order valence-corrected chi connectivity index (χ4v) is 3.50. The Labute approximate surface area is 194 Å². The summed E-state index contributed by atoms with van der Waals surface area (Å²) in [6.45, 7) is 0.322. The normalized spacial score (nSPS) is 10.6. The maximum atomic E-state index is 6.20. The van der Waals surface area contributed by atoms with E-state index in [9.17, 15) is 0 Å². The third kappa shape index (κ3) is 6.19. The van der Waals surface area contributed by atoms with Crippen molar-refractivity contribution in [3.05, 3.63) is 87.4 Å². The number of ether oxygens (including phenoxy) is 2. The number of rotatable bonds is 7. The molecule has 0 fully saturated rings. The van der Waals surface area contributed by atoms with Gasteiger partial charge in [0.25, 0.3) is 0 Å². The Morgan fingerprint density at radius 2 is 1.87 bits per heavy atom. The molecule has 0 aromatic heterocycles. The number of methoxy groups -OCH3 is 1. The van der Waals surface area contributed by atoms with E-state index in [1.807, 2.05) is 66.7 Å². The van der Waals surface area contributed by atoms with E-state index in [2.05, 4.69) is 31.8 Å². The Kier molecular flexibility index (Phi) is 8.07. The molecule has 0 atom stereocenters. The lowest BCUT2D eigenvalue weighted by molar-refractivity contribution is 0.282. The van der Waals surface area contributed by atoms with Crippen LogP contribution in [0, 0.1) is 0 Å². The number of nitrogens with zero attached hydrogens (tertiary/aromatic N) is 1. The van der Waals surface area contributed by atoms with Gasteiger partial charge in [-0.3, -0.25) is 5.43 Å². The minimum Gasteiger partial charge on any atom is -0.493 e. The molecule has 0 heterocycles.